The topological polar surface area (TPSA) is 44.8 Å². The lowest BCUT2D eigenvalue weighted by Crippen LogP contribution is -2.07. The number of aldehydes is 1. The summed E-state index contributed by atoms with van der Waals surface area (Å²) < 4.78 is 15.6. The van der Waals surface area contributed by atoms with Crippen LogP contribution in [0, 0.1) is 12.3 Å². The lowest BCUT2D eigenvalue weighted by Gasteiger charge is -2.10. The average Bonchev–Trinajstić information content (AvgIpc) is 2.38. The number of benzene rings is 1. The van der Waals surface area contributed by atoms with Crippen molar-refractivity contribution < 1.29 is 19.0 Å². The Balaban J connectivity index is 2.56. The van der Waals surface area contributed by atoms with Crippen molar-refractivity contribution in [1.29, 1.82) is 0 Å². The fourth-order valence-electron chi connectivity index (χ4n) is 1.22. The van der Waals surface area contributed by atoms with Crippen LogP contribution in [-0.4, -0.2) is 33.2 Å². The van der Waals surface area contributed by atoms with E-state index in [-0.39, 0.29) is 6.61 Å². The number of terminal acetylenes is 1. The van der Waals surface area contributed by atoms with E-state index in [0.717, 1.165) is 6.29 Å². The molecule has 17 heavy (non-hydrogen) atoms. The molecule has 0 atom stereocenters. The largest absolute Gasteiger partial charge is 0.493 e. The fraction of sp³-hybridized carbons (Fsp3) is 0.308. The number of hydrogen-bond donors (Lipinski definition) is 0. The second-order valence-electron chi connectivity index (χ2n) is 3.13. The second kappa shape index (κ2) is 7.31. The first kappa shape index (κ1) is 13.1. The van der Waals surface area contributed by atoms with Crippen molar-refractivity contribution in [3.63, 3.8) is 0 Å². The molecule has 0 bridgehead atoms. The van der Waals surface area contributed by atoms with Gasteiger partial charge in [-0.25, -0.2) is 0 Å². The van der Waals surface area contributed by atoms with E-state index in [1.54, 1.807) is 18.2 Å². The smallest absolute Gasteiger partial charge is 0.161 e. The van der Waals surface area contributed by atoms with E-state index in [1.807, 2.05) is 0 Å². The Morgan fingerprint density at radius 1 is 1.35 bits per heavy atom. The maximum atomic E-state index is 10.6. The van der Waals surface area contributed by atoms with E-state index in [1.165, 1.54) is 7.11 Å². The van der Waals surface area contributed by atoms with Crippen molar-refractivity contribution in [3.8, 4) is 23.8 Å². The fourth-order valence-corrected chi connectivity index (χ4v) is 1.22. The summed E-state index contributed by atoms with van der Waals surface area (Å²) in [5, 5.41) is 0. The molecule has 0 aliphatic heterocycles. The maximum absolute atomic E-state index is 10.6. The quantitative estimate of drug-likeness (QED) is 0.408. The molecule has 0 heterocycles. The molecule has 0 saturated heterocycles. The van der Waals surface area contributed by atoms with E-state index < -0.39 is 0 Å². The highest BCUT2D eigenvalue weighted by Crippen LogP contribution is 2.27. The van der Waals surface area contributed by atoms with Gasteiger partial charge in [-0.2, -0.15) is 0 Å². The van der Waals surface area contributed by atoms with Gasteiger partial charge in [0.25, 0.3) is 0 Å². The molecule has 1 aromatic carbocycles. The third kappa shape index (κ3) is 4.17. The lowest BCUT2D eigenvalue weighted by molar-refractivity contribution is 0.112. The molecule has 4 nitrogen and oxygen atoms in total. The number of carbonyl (C=O) groups is 1. The molecule has 0 radical (unpaired) electrons. The molecule has 0 spiro atoms. The van der Waals surface area contributed by atoms with Gasteiger partial charge >= 0.3 is 0 Å². The Morgan fingerprint density at radius 2 is 2.18 bits per heavy atom. The van der Waals surface area contributed by atoms with Crippen LogP contribution >= 0.6 is 0 Å². The standard InChI is InChI=1S/C13H14O4/c1-3-6-16-7-8-17-13-9-11(10-14)4-5-12(13)15-2/h1,4-5,9-10H,6-8H2,2H3. The van der Waals surface area contributed by atoms with Crippen molar-refractivity contribution in [2.45, 2.75) is 0 Å². The predicted molar refractivity (Wildman–Crippen MR) is 63.5 cm³/mol. The summed E-state index contributed by atoms with van der Waals surface area (Å²) in [6.07, 6.45) is 5.78. The SMILES string of the molecule is C#CCOCCOc1cc(C=O)ccc1OC. The molecule has 0 unspecified atom stereocenters. The highest BCUT2D eigenvalue weighted by molar-refractivity contribution is 5.76. The van der Waals surface area contributed by atoms with Crippen molar-refractivity contribution in [2.75, 3.05) is 26.9 Å². The Morgan fingerprint density at radius 3 is 2.82 bits per heavy atom. The monoisotopic (exact) mass is 234 g/mol. The highest BCUT2D eigenvalue weighted by atomic mass is 16.5. The summed E-state index contributed by atoms with van der Waals surface area (Å²) in [6.45, 7) is 0.994. The van der Waals surface area contributed by atoms with Crippen LogP contribution in [0.4, 0.5) is 0 Å². The Bertz CT molecular complexity index is 406. The second-order valence-corrected chi connectivity index (χ2v) is 3.13. The average molecular weight is 234 g/mol. The van der Waals surface area contributed by atoms with Gasteiger partial charge in [-0.05, 0) is 18.2 Å². The summed E-state index contributed by atoms with van der Waals surface area (Å²) in [5.41, 5.74) is 0.533. The molecular formula is C13H14O4. The van der Waals surface area contributed by atoms with E-state index in [0.29, 0.717) is 30.3 Å². The van der Waals surface area contributed by atoms with Crippen molar-refractivity contribution in [2.24, 2.45) is 0 Å². The zero-order valence-electron chi connectivity index (χ0n) is 9.64. The lowest BCUT2D eigenvalue weighted by atomic mass is 10.2. The molecule has 0 fully saturated rings. The molecule has 1 aromatic rings. The van der Waals surface area contributed by atoms with Gasteiger partial charge in [0.15, 0.2) is 11.5 Å². The summed E-state index contributed by atoms with van der Waals surface area (Å²) in [6, 6.07) is 4.96. The van der Waals surface area contributed by atoms with Gasteiger partial charge in [0.05, 0.1) is 13.7 Å². The number of carbonyl (C=O) groups excluding carboxylic acids is 1. The van der Waals surface area contributed by atoms with Crippen molar-refractivity contribution >= 4 is 6.29 Å². The van der Waals surface area contributed by atoms with E-state index >= 15 is 0 Å². The molecule has 0 amide bonds. The molecule has 4 heteroatoms. The maximum Gasteiger partial charge on any atom is 0.161 e. The van der Waals surface area contributed by atoms with Crippen LogP contribution in [0.2, 0.25) is 0 Å². The predicted octanol–water partition coefficient (Wildman–Crippen LogP) is 1.54. The van der Waals surface area contributed by atoms with Crippen LogP contribution in [0.3, 0.4) is 0 Å². The third-order valence-electron chi connectivity index (χ3n) is 1.99. The van der Waals surface area contributed by atoms with Gasteiger partial charge < -0.3 is 14.2 Å². The molecule has 0 aliphatic rings. The molecule has 0 aliphatic carbocycles. The number of rotatable bonds is 7. The minimum absolute atomic E-state index is 0.259. The van der Waals surface area contributed by atoms with Gasteiger partial charge in [-0.1, -0.05) is 5.92 Å². The van der Waals surface area contributed by atoms with Gasteiger partial charge in [0.1, 0.15) is 19.5 Å². The Labute approximate surface area is 100 Å². The molecular weight excluding hydrogens is 220 g/mol. The van der Waals surface area contributed by atoms with E-state index in [2.05, 4.69) is 5.92 Å². The molecule has 0 saturated carbocycles. The van der Waals surface area contributed by atoms with Crippen molar-refractivity contribution in [3.05, 3.63) is 23.8 Å². The number of methoxy groups -OCH3 is 1. The van der Waals surface area contributed by atoms with Crippen LogP contribution in [0.5, 0.6) is 11.5 Å². The molecule has 1 rings (SSSR count). The number of ether oxygens (including phenoxy) is 3. The summed E-state index contributed by atoms with van der Waals surface area (Å²) in [5.74, 6) is 3.45. The third-order valence-corrected chi connectivity index (χ3v) is 1.99. The van der Waals surface area contributed by atoms with E-state index in [4.69, 9.17) is 20.6 Å². The summed E-state index contributed by atoms with van der Waals surface area (Å²) in [4.78, 5) is 10.6. The Hall–Kier alpha value is -1.99. The van der Waals surface area contributed by atoms with Gasteiger partial charge in [-0.3, -0.25) is 4.79 Å². The first-order chi connectivity index (χ1) is 8.31. The molecule has 90 valence electrons. The molecule has 0 aromatic heterocycles. The van der Waals surface area contributed by atoms with Gasteiger partial charge in [-0.15, -0.1) is 6.42 Å². The summed E-state index contributed by atoms with van der Waals surface area (Å²) in [7, 11) is 1.54. The first-order valence-corrected chi connectivity index (χ1v) is 5.09. The number of hydrogen-bond acceptors (Lipinski definition) is 4. The van der Waals surface area contributed by atoms with Crippen LogP contribution in [0.25, 0.3) is 0 Å². The summed E-state index contributed by atoms with van der Waals surface area (Å²) >= 11 is 0. The first-order valence-electron chi connectivity index (χ1n) is 5.09. The minimum atomic E-state index is 0.259. The van der Waals surface area contributed by atoms with Crippen LogP contribution in [0.15, 0.2) is 18.2 Å². The van der Waals surface area contributed by atoms with E-state index in [9.17, 15) is 4.79 Å². The van der Waals surface area contributed by atoms with Crippen LogP contribution in [0.1, 0.15) is 10.4 Å². The molecule has 0 N–H and O–H groups in total. The normalized spacial score (nSPS) is 9.41. The van der Waals surface area contributed by atoms with Gasteiger partial charge in [0, 0.05) is 5.56 Å². The van der Waals surface area contributed by atoms with Crippen molar-refractivity contribution in [1.82, 2.24) is 0 Å². The highest BCUT2D eigenvalue weighted by Gasteiger charge is 2.05. The zero-order valence-corrected chi connectivity index (χ0v) is 9.64. The minimum Gasteiger partial charge on any atom is -0.493 e. The van der Waals surface area contributed by atoms with Crippen LogP contribution < -0.4 is 9.47 Å². The zero-order chi connectivity index (χ0) is 12.5. The van der Waals surface area contributed by atoms with Crippen LogP contribution in [-0.2, 0) is 4.74 Å². The van der Waals surface area contributed by atoms with Gasteiger partial charge in [0.2, 0.25) is 0 Å². The Kier molecular flexibility index (Phi) is 5.62.